The molecule has 0 saturated carbocycles. The van der Waals surface area contributed by atoms with Crippen LogP contribution in [-0.4, -0.2) is 60.0 Å². The van der Waals surface area contributed by atoms with Gasteiger partial charge in [-0.25, -0.2) is 9.97 Å². The molecule has 1 aliphatic heterocycles. The SMILES string of the molecule is CCCNC(=O)CN1CCN(c2ncnc3cc(Cl)ccc23)CC1. The number of rotatable bonds is 5. The molecule has 1 aromatic carbocycles. The van der Waals surface area contributed by atoms with Gasteiger partial charge in [0.05, 0.1) is 12.1 Å². The van der Waals surface area contributed by atoms with Gasteiger partial charge >= 0.3 is 0 Å². The van der Waals surface area contributed by atoms with E-state index in [0.29, 0.717) is 11.6 Å². The number of halogens is 1. The quantitative estimate of drug-likeness (QED) is 0.895. The Balaban J connectivity index is 1.64. The first-order valence-corrected chi connectivity index (χ1v) is 8.69. The molecule has 1 aliphatic rings. The van der Waals surface area contributed by atoms with E-state index in [1.807, 2.05) is 18.2 Å². The summed E-state index contributed by atoms with van der Waals surface area (Å²) in [4.78, 5) is 25.0. The van der Waals surface area contributed by atoms with Crippen LogP contribution in [0.1, 0.15) is 13.3 Å². The van der Waals surface area contributed by atoms with Crippen molar-refractivity contribution in [1.82, 2.24) is 20.2 Å². The fourth-order valence-electron chi connectivity index (χ4n) is 2.91. The first-order valence-electron chi connectivity index (χ1n) is 8.31. The van der Waals surface area contributed by atoms with E-state index in [0.717, 1.165) is 55.9 Å². The highest BCUT2D eigenvalue weighted by Gasteiger charge is 2.21. The van der Waals surface area contributed by atoms with Crippen LogP contribution >= 0.6 is 11.6 Å². The number of aromatic nitrogens is 2. The lowest BCUT2D eigenvalue weighted by Crippen LogP contribution is -2.49. The number of hydrogen-bond acceptors (Lipinski definition) is 5. The van der Waals surface area contributed by atoms with Crippen LogP contribution in [-0.2, 0) is 4.79 Å². The van der Waals surface area contributed by atoms with Crippen LogP contribution in [0.25, 0.3) is 10.9 Å². The van der Waals surface area contributed by atoms with Crippen LogP contribution in [0.4, 0.5) is 5.82 Å². The molecule has 0 bridgehead atoms. The van der Waals surface area contributed by atoms with Crippen molar-refractivity contribution in [3.05, 3.63) is 29.5 Å². The Morgan fingerprint density at radius 3 is 2.79 bits per heavy atom. The summed E-state index contributed by atoms with van der Waals surface area (Å²) in [5.74, 6) is 1.04. The molecule has 0 aliphatic carbocycles. The van der Waals surface area contributed by atoms with E-state index in [2.05, 4.69) is 32.0 Å². The van der Waals surface area contributed by atoms with Crippen LogP contribution in [0.3, 0.4) is 0 Å². The molecule has 0 radical (unpaired) electrons. The fourth-order valence-corrected chi connectivity index (χ4v) is 3.08. The van der Waals surface area contributed by atoms with Gasteiger partial charge in [0.1, 0.15) is 12.1 Å². The van der Waals surface area contributed by atoms with Gasteiger partial charge in [0.25, 0.3) is 0 Å². The van der Waals surface area contributed by atoms with Gasteiger partial charge in [0, 0.05) is 43.1 Å². The lowest BCUT2D eigenvalue weighted by Gasteiger charge is -2.35. The van der Waals surface area contributed by atoms with Gasteiger partial charge in [-0.05, 0) is 24.6 Å². The third-order valence-corrected chi connectivity index (χ3v) is 4.42. The minimum Gasteiger partial charge on any atom is -0.355 e. The number of fused-ring (bicyclic) bond motifs is 1. The summed E-state index contributed by atoms with van der Waals surface area (Å²) in [5.41, 5.74) is 0.855. The molecule has 1 fully saturated rings. The zero-order chi connectivity index (χ0) is 16.9. The summed E-state index contributed by atoms with van der Waals surface area (Å²) >= 11 is 6.04. The summed E-state index contributed by atoms with van der Waals surface area (Å²) in [6.45, 7) is 6.64. The third kappa shape index (κ3) is 3.94. The zero-order valence-corrected chi connectivity index (χ0v) is 14.6. The Bertz CT molecular complexity index is 715. The van der Waals surface area contributed by atoms with Crippen LogP contribution in [0.2, 0.25) is 5.02 Å². The Hall–Kier alpha value is -1.92. The van der Waals surface area contributed by atoms with E-state index in [-0.39, 0.29) is 5.91 Å². The summed E-state index contributed by atoms with van der Waals surface area (Å²) in [7, 11) is 0. The molecule has 24 heavy (non-hydrogen) atoms. The molecule has 1 amide bonds. The Morgan fingerprint density at radius 2 is 2.04 bits per heavy atom. The maximum atomic E-state index is 11.8. The smallest absolute Gasteiger partial charge is 0.234 e. The van der Waals surface area contributed by atoms with Crippen molar-refractivity contribution in [1.29, 1.82) is 0 Å². The molecule has 1 aromatic heterocycles. The molecule has 1 N–H and O–H groups in total. The van der Waals surface area contributed by atoms with Gasteiger partial charge in [-0.1, -0.05) is 18.5 Å². The number of benzene rings is 1. The van der Waals surface area contributed by atoms with Crippen LogP contribution in [0.15, 0.2) is 24.5 Å². The standard InChI is InChI=1S/C17H22ClN5O/c1-2-5-19-16(24)11-22-6-8-23(9-7-22)17-14-4-3-13(18)10-15(14)20-12-21-17/h3-4,10,12H,2,5-9,11H2,1H3,(H,19,24). The molecule has 128 valence electrons. The molecule has 2 aromatic rings. The normalized spacial score (nSPS) is 15.7. The average molecular weight is 348 g/mol. The van der Waals surface area contributed by atoms with Crippen molar-refractivity contribution in [3.63, 3.8) is 0 Å². The highest BCUT2D eigenvalue weighted by Crippen LogP contribution is 2.26. The largest absolute Gasteiger partial charge is 0.355 e. The molecular formula is C17H22ClN5O. The van der Waals surface area contributed by atoms with Crippen molar-refractivity contribution in [3.8, 4) is 0 Å². The summed E-state index contributed by atoms with van der Waals surface area (Å²) < 4.78 is 0. The number of anilines is 1. The Morgan fingerprint density at radius 1 is 1.25 bits per heavy atom. The van der Waals surface area contributed by atoms with Crippen LogP contribution in [0, 0.1) is 0 Å². The highest BCUT2D eigenvalue weighted by molar-refractivity contribution is 6.31. The molecule has 0 spiro atoms. The van der Waals surface area contributed by atoms with Gasteiger partial charge in [0.15, 0.2) is 0 Å². The van der Waals surface area contributed by atoms with Crippen LogP contribution < -0.4 is 10.2 Å². The molecule has 6 nitrogen and oxygen atoms in total. The predicted octanol–water partition coefficient (Wildman–Crippen LogP) is 1.93. The maximum Gasteiger partial charge on any atom is 0.234 e. The van der Waals surface area contributed by atoms with Gasteiger partial charge < -0.3 is 10.2 Å². The maximum absolute atomic E-state index is 11.8. The number of nitrogens with one attached hydrogen (secondary N) is 1. The lowest BCUT2D eigenvalue weighted by molar-refractivity contribution is -0.122. The third-order valence-electron chi connectivity index (χ3n) is 4.19. The van der Waals surface area contributed by atoms with Crippen molar-refractivity contribution >= 4 is 34.2 Å². The molecule has 7 heteroatoms. The predicted molar refractivity (Wildman–Crippen MR) is 96.5 cm³/mol. The monoisotopic (exact) mass is 347 g/mol. The van der Waals surface area contributed by atoms with Gasteiger partial charge in [-0.2, -0.15) is 0 Å². The van der Waals surface area contributed by atoms with E-state index < -0.39 is 0 Å². The molecule has 0 unspecified atom stereocenters. The van der Waals surface area contributed by atoms with Crippen LogP contribution in [0.5, 0.6) is 0 Å². The number of amides is 1. The second kappa shape index (κ2) is 7.77. The zero-order valence-electron chi connectivity index (χ0n) is 13.8. The van der Waals surface area contributed by atoms with E-state index in [9.17, 15) is 4.79 Å². The molecule has 1 saturated heterocycles. The number of nitrogens with zero attached hydrogens (tertiary/aromatic N) is 4. The molecule has 0 atom stereocenters. The molecule has 3 rings (SSSR count). The van der Waals surface area contributed by atoms with Crippen molar-refractivity contribution < 1.29 is 4.79 Å². The molecule has 2 heterocycles. The van der Waals surface area contributed by atoms with Crippen molar-refractivity contribution in [2.75, 3.05) is 44.2 Å². The fraction of sp³-hybridized carbons (Fsp3) is 0.471. The number of carbonyl (C=O) groups excluding carboxylic acids is 1. The second-order valence-corrected chi connectivity index (χ2v) is 6.41. The number of piperazine rings is 1. The van der Waals surface area contributed by atoms with Gasteiger partial charge in [0.2, 0.25) is 5.91 Å². The van der Waals surface area contributed by atoms with Crippen molar-refractivity contribution in [2.45, 2.75) is 13.3 Å². The van der Waals surface area contributed by atoms with E-state index >= 15 is 0 Å². The van der Waals surface area contributed by atoms with Gasteiger partial charge in [-0.15, -0.1) is 0 Å². The van der Waals surface area contributed by atoms with Crippen molar-refractivity contribution in [2.24, 2.45) is 0 Å². The average Bonchev–Trinajstić information content (AvgIpc) is 2.60. The number of hydrogen-bond donors (Lipinski definition) is 1. The van der Waals surface area contributed by atoms with E-state index in [4.69, 9.17) is 11.6 Å². The first kappa shape index (κ1) is 16.9. The minimum atomic E-state index is 0.104. The summed E-state index contributed by atoms with van der Waals surface area (Å²) in [5, 5.41) is 4.61. The first-order chi connectivity index (χ1) is 11.7. The topological polar surface area (TPSA) is 61.4 Å². The lowest BCUT2D eigenvalue weighted by atomic mass is 10.2. The van der Waals surface area contributed by atoms with E-state index in [1.54, 1.807) is 6.33 Å². The number of carbonyl (C=O) groups is 1. The summed E-state index contributed by atoms with van der Waals surface area (Å²) in [6, 6.07) is 5.69. The van der Waals surface area contributed by atoms with Gasteiger partial charge in [-0.3, -0.25) is 9.69 Å². The van der Waals surface area contributed by atoms with E-state index in [1.165, 1.54) is 0 Å². The Kier molecular flexibility index (Phi) is 5.48. The molecular weight excluding hydrogens is 326 g/mol. The second-order valence-electron chi connectivity index (χ2n) is 5.97. The minimum absolute atomic E-state index is 0.104. The highest BCUT2D eigenvalue weighted by atomic mass is 35.5. The summed E-state index contributed by atoms with van der Waals surface area (Å²) in [6.07, 6.45) is 2.54. The Labute approximate surface area is 146 Å².